The van der Waals surface area contributed by atoms with Crippen LogP contribution in [0.3, 0.4) is 0 Å². The van der Waals surface area contributed by atoms with Gasteiger partial charge >= 0.3 is 5.97 Å². The molecule has 0 spiro atoms. The van der Waals surface area contributed by atoms with Crippen molar-refractivity contribution in [1.29, 1.82) is 0 Å². The summed E-state index contributed by atoms with van der Waals surface area (Å²) in [6, 6.07) is 9.10. The number of methoxy groups -OCH3 is 1. The van der Waals surface area contributed by atoms with Gasteiger partial charge in [-0.1, -0.05) is 45.4 Å². The Morgan fingerprint density at radius 2 is 1.69 bits per heavy atom. The lowest BCUT2D eigenvalue weighted by Gasteiger charge is -2.43. The molecular formula is C54H59N5O16. The second-order valence-corrected chi connectivity index (χ2v) is 20.0. The summed E-state index contributed by atoms with van der Waals surface area (Å²) in [5, 5.41) is 100. The number of hydrogen-bond donors (Lipinski definition) is 9. The van der Waals surface area contributed by atoms with Crippen molar-refractivity contribution in [2.75, 3.05) is 20.3 Å². The van der Waals surface area contributed by atoms with E-state index in [2.05, 4.69) is 15.5 Å². The third kappa shape index (κ3) is 9.26. The van der Waals surface area contributed by atoms with E-state index in [0.29, 0.717) is 53.7 Å². The molecule has 7 atom stereocenters. The monoisotopic (exact) mass is 1030 g/mol. The van der Waals surface area contributed by atoms with Crippen LogP contribution < -0.4 is 10.1 Å². The van der Waals surface area contributed by atoms with Gasteiger partial charge in [0.05, 0.1) is 53.8 Å². The van der Waals surface area contributed by atoms with Gasteiger partial charge in [-0.15, -0.1) is 10.2 Å². The molecule has 0 bridgehead atoms. The van der Waals surface area contributed by atoms with Crippen molar-refractivity contribution in [3.05, 3.63) is 105 Å². The molecule has 1 unspecified atom stereocenters. The number of hydrogen-bond acceptors (Lipinski definition) is 18. The van der Waals surface area contributed by atoms with Gasteiger partial charge in [-0.05, 0) is 79.1 Å². The molecule has 2 saturated heterocycles. The third-order valence-corrected chi connectivity index (χ3v) is 15.1. The molecule has 5 aromatic rings. The minimum Gasteiger partial charge on any atom is -0.508 e. The Morgan fingerprint density at radius 3 is 2.39 bits per heavy atom. The van der Waals surface area contributed by atoms with Crippen molar-refractivity contribution in [2.45, 2.75) is 127 Å². The first-order valence-electron chi connectivity index (χ1n) is 24.8. The van der Waals surface area contributed by atoms with Gasteiger partial charge < -0.3 is 60.4 Å². The van der Waals surface area contributed by atoms with E-state index in [9.17, 15) is 64.8 Å². The first kappa shape index (κ1) is 52.6. The molecule has 396 valence electrons. The molecule has 4 aromatic carbocycles. The smallest absolute Gasteiger partial charge is 0.374 e. The zero-order valence-electron chi connectivity index (χ0n) is 41.9. The molecule has 9 rings (SSSR count). The van der Waals surface area contributed by atoms with Crippen molar-refractivity contribution < 1.29 is 79.0 Å². The summed E-state index contributed by atoms with van der Waals surface area (Å²) < 4.78 is 19.3. The fourth-order valence-electron chi connectivity index (χ4n) is 11.2. The Balaban J connectivity index is 1.02. The highest BCUT2D eigenvalue weighted by Crippen LogP contribution is 2.53. The molecule has 21 heteroatoms. The van der Waals surface area contributed by atoms with Gasteiger partial charge in [0.1, 0.15) is 53.4 Å². The highest BCUT2D eigenvalue weighted by atomic mass is 16.7. The van der Waals surface area contributed by atoms with Gasteiger partial charge in [0.25, 0.3) is 0 Å². The lowest BCUT2D eigenvalue weighted by atomic mass is 9.72. The quantitative estimate of drug-likeness (QED) is 0.0688. The molecule has 4 aliphatic rings. The normalized spacial score (nSPS) is 23.6. The summed E-state index contributed by atoms with van der Waals surface area (Å²) in [5.74, 6) is -6.78. The van der Waals surface area contributed by atoms with E-state index in [1.54, 1.807) is 19.1 Å². The van der Waals surface area contributed by atoms with E-state index in [4.69, 9.17) is 14.2 Å². The van der Waals surface area contributed by atoms with E-state index in [-0.39, 0.29) is 64.2 Å². The number of carbonyl (C=O) groups is 5. The minimum atomic E-state index is -2.40. The van der Waals surface area contributed by atoms with Gasteiger partial charge in [0, 0.05) is 54.1 Å². The number of aliphatic hydroxyl groups excluding tert-OH is 2. The summed E-state index contributed by atoms with van der Waals surface area (Å²) in [7, 11) is 1.30. The number of ether oxygens (including phenoxy) is 3. The number of piperidine rings is 1. The van der Waals surface area contributed by atoms with Crippen molar-refractivity contribution in [1.82, 2.24) is 25.0 Å². The summed E-state index contributed by atoms with van der Waals surface area (Å²) >= 11 is 0. The van der Waals surface area contributed by atoms with Gasteiger partial charge in [-0.2, -0.15) is 0 Å². The Bertz CT molecular complexity index is 3150. The summed E-state index contributed by atoms with van der Waals surface area (Å²) in [4.78, 5) is 70.3. The zero-order chi connectivity index (χ0) is 53.9. The number of aliphatic hydroxyl groups is 3. The molecule has 3 heterocycles. The number of phenols is 4. The number of aromatic hydroxyl groups is 4. The van der Waals surface area contributed by atoms with Crippen molar-refractivity contribution in [3.63, 3.8) is 0 Å². The molecule has 1 aromatic heterocycles. The second kappa shape index (κ2) is 20.5. The van der Waals surface area contributed by atoms with Crippen LogP contribution in [0.15, 0.2) is 48.8 Å². The fraction of sp³-hybridized carbons (Fsp3) is 0.426. The zero-order valence-corrected chi connectivity index (χ0v) is 41.9. The number of aryl methyl sites for hydroxylation is 1. The number of aromatic carboxylic acids is 1. The number of carboxylic acids is 1. The van der Waals surface area contributed by atoms with Gasteiger partial charge in [-0.3, -0.25) is 28.6 Å². The number of Topliss-reactive ketones (excluding diaryl/α,β-unsaturated/α-hetero) is 1. The Kier molecular flexibility index (Phi) is 14.3. The maximum Gasteiger partial charge on any atom is 0.374 e. The number of rotatable bonds is 14. The largest absolute Gasteiger partial charge is 0.508 e. The van der Waals surface area contributed by atoms with Gasteiger partial charge in [0.2, 0.25) is 17.5 Å². The van der Waals surface area contributed by atoms with Crippen LogP contribution >= 0.6 is 0 Å². The van der Waals surface area contributed by atoms with Crippen LogP contribution in [-0.4, -0.2) is 146 Å². The second-order valence-electron chi connectivity index (χ2n) is 20.0. The van der Waals surface area contributed by atoms with Crippen LogP contribution in [0.5, 0.6) is 28.7 Å². The van der Waals surface area contributed by atoms with E-state index in [1.807, 2.05) is 31.7 Å². The topological polar surface area (TPSA) is 321 Å². The van der Waals surface area contributed by atoms with Crippen LogP contribution in [0, 0.1) is 0 Å². The Morgan fingerprint density at radius 1 is 0.947 bits per heavy atom. The number of carbonyl (C=O) groups excluding carboxylic acids is 4. The average molecular weight is 1030 g/mol. The number of aromatic nitrogens is 3. The fourth-order valence-corrected chi connectivity index (χ4v) is 11.2. The van der Waals surface area contributed by atoms with Crippen molar-refractivity contribution >= 4 is 29.2 Å². The number of nitrogens with zero attached hydrogens (tertiary/aromatic N) is 4. The summed E-state index contributed by atoms with van der Waals surface area (Å²) in [6.45, 7) is 6.76. The molecule has 1 amide bonds. The first-order chi connectivity index (χ1) is 35.7. The first-order valence-corrected chi connectivity index (χ1v) is 24.8. The Hall–Kier alpha value is -7.27. The number of nitrogens with one attached hydrogen (secondary N) is 1. The van der Waals surface area contributed by atoms with E-state index >= 15 is 0 Å². The number of fused-ring (bicyclic) bond motifs is 3. The number of likely N-dealkylation sites (tertiary alicyclic amines) is 1. The van der Waals surface area contributed by atoms with Crippen molar-refractivity contribution in [3.8, 4) is 45.6 Å². The van der Waals surface area contributed by atoms with Gasteiger partial charge in [0.15, 0.2) is 17.9 Å². The average Bonchev–Trinajstić information content (AvgIpc) is 3.89. The third-order valence-electron chi connectivity index (χ3n) is 15.1. The van der Waals surface area contributed by atoms with E-state index in [0.717, 1.165) is 12.0 Å². The molecule has 2 aliphatic carbocycles. The molecule has 9 N–H and O–H groups in total. The SMILES string of the molecule is CCc1cc(CN2CCCCC2C(=O)N[C@H]2C[C@H](O[C@H]3C[C@](O)(C(=O)CO)Cc4c(O)c5c(c(O)c43)C(=O)c3c(OC)cccc3C5=O)O[C@@H](C)[C@H]2O)c(-c2cc(C(C)C)c(O)cc2O)cc1-n1cnnc1C(=O)O. The van der Waals surface area contributed by atoms with Crippen LogP contribution in [0.25, 0.3) is 16.8 Å². The number of phenolic OH excluding ortho intramolecular Hbond substituents is 4. The lowest BCUT2D eigenvalue weighted by molar-refractivity contribution is -0.249. The standard InChI is InChI=1S/C54H59N5O16/c1-6-26-14-27(30(16-35(26)59-23-55-57-51(59)53(70)71)31-15-29(24(2)3)36(61)18-37(31)62)21-58-13-8-7-11-34(58)52(69)56-33-17-41(74-25(4)46(33)64)75-39-20-54(72,40(63)22-60)19-32-43(39)50(68)45-44(48(32)66)47(65)28-10-9-12-38(73-5)42(28)49(45)67/h9-10,12,14-16,18,23-25,33-34,39,41,46,60-62,64,66,68,72H,6-8,11,13,17,19-22H2,1-5H3,(H,56,69)(H,70,71)/t25-,33-,34?,39-,41-,46+,54-/m0/s1. The summed E-state index contributed by atoms with van der Waals surface area (Å²) in [6.07, 6.45) is -3.08. The Labute approximate surface area is 429 Å². The molecule has 75 heavy (non-hydrogen) atoms. The van der Waals surface area contributed by atoms with Crippen LogP contribution in [0.2, 0.25) is 0 Å². The summed E-state index contributed by atoms with van der Waals surface area (Å²) in [5.41, 5.74) is -0.995. The molecule has 0 radical (unpaired) electrons. The lowest BCUT2D eigenvalue weighted by Crippen LogP contribution is -2.59. The predicted molar refractivity (Wildman–Crippen MR) is 264 cm³/mol. The number of amides is 1. The maximum atomic E-state index is 14.7. The van der Waals surface area contributed by atoms with Gasteiger partial charge in [-0.25, -0.2) is 4.79 Å². The van der Waals surface area contributed by atoms with Crippen LogP contribution in [0.1, 0.15) is 142 Å². The number of carboxylic acid groups (broad SMARTS) is 1. The number of ketones is 3. The van der Waals surface area contributed by atoms with Crippen LogP contribution in [-0.2, 0) is 38.4 Å². The van der Waals surface area contributed by atoms with E-state index in [1.165, 1.54) is 42.3 Å². The molecule has 21 nitrogen and oxygen atoms in total. The van der Waals surface area contributed by atoms with Crippen LogP contribution in [0.4, 0.5) is 0 Å². The molecular weight excluding hydrogens is 975 g/mol. The minimum absolute atomic E-state index is 0.0391. The number of benzene rings is 4. The maximum absolute atomic E-state index is 14.7. The highest BCUT2D eigenvalue weighted by molar-refractivity contribution is 6.31. The molecule has 0 saturated carbocycles. The highest BCUT2D eigenvalue weighted by Gasteiger charge is 2.51. The molecule has 2 aliphatic heterocycles. The van der Waals surface area contributed by atoms with Crippen molar-refractivity contribution in [2.24, 2.45) is 0 Å². The van der Waals surface area contributed by atoms with E-state index < -0.39 is 114 Å². The molecule has 2 fully saturated rings. The predicted octanol–water partition coefficient (Wildman–Crippen LogP) is 4.26.